The van der Waals surface area contributed by atoms with E-state index in [9.17, 15) is 0 Å². The molecule has 0 rings (SSSR count). The Morgan fingerprint density at radius 2 is 0.840 bits per heavy atom. The molecule has 0 aromatic carbocycles. The molecular weight excluding hydrogens is 300 g/mol. The van der Waals surface area contributed by atoms with Crippen molar-refractivity contribution >= 4 is 0 Å². The highest BCUT2D eigenvalue weighted by molar-refractivity contribution is 4.72. The van der Waals surface area contributed by atoms with E-state index in [4.69, 9.17) is 0 Å². The van der Waals surface area contributed by atoms with Crippen LogP contribution in [0.4, 0.5) is 0 Å². The quantitative estimate of drug-likeness (QED) is 0.180. The SMILES string of the molecule is CCCCCCCCCCCCCC[CH]C(C)CCCCCCCC. The van der Waals surface area contributed by atoms with Crippen molar-refractivity contribution in [3.05, 3.63) is 6.42 Å². The van der Waals surface area contributed by atoms with Crippen LogP contribution in [0.2, 0.25) is 0 Å². The molecule has 0 aliphatic rings. The second-order valence-electron chi connectivity index (χ2n) is 8.45. The Morgan fingerprint density at radius 1 is 0.480 bits per heavy atom. The number of hydrogen-bond acceptors (Lipinski definition) is 0. The van der Waals surface area contributed by atoms with Crippen LogP contribution in [0, 0.1) is 12.3 Å². The van der Waals surface area contributed by atoms with E-state index in [2.05, 4.69) is 27.2 Å². The van der Waals surface area contributed by atoms with Gasteiger partial charge in [0.1, 0.15) is 0 Å². The van der Waals surface area contributed by atoms with Crippen LogP contribution >= 0.6 is 0 Å². The normalized spacial score (nSPS) is 12.6. The van der Waals surface area contributed by atoms with Crippen molar-refractivity contribution in [1.82, 2.24) is 0 Å². The summed E-state index contributed by atoms with van der Waals surface area (Å²) in [6.45, 7) is 7.02. The number of unbranched alkanes of at least 4 members (excludes halogenated alkanes) is 17. The summed E-state index contributed by atoms with van der Waals surface area (Å²) < 4.78 is 0. The molecule has 0 nitrogen and oxygen atoms in total. The molecule has 1 radical (unpaired) electrons. The van der Waals surface area contributed by atoms with Crippen molar-refractivity contribution in [3.8, 4) is 0 Å². The van der Waals surface area contributed by atoms with Crippen molar-refractivity contribution in [2.45, 2.75) is 149 Å². The Bertz CT molecular complexity index is 220. The molecule has 0 amide bonds. The van der Waals surface area contributed by atoms with Crippen LogP contribution in [0.1, 0.15) is 149 Å². The topological polar surface area (TPSA) is 0 Å². The molecule has 0 aliphatic carbocycles. The molecular formula is C25H51. The molecule has 0 heterocycles. The highest BCUT2D eigenvalue weighted by Crippen LogP contribution is 2.18. The molecule has 0 spiro atoms. The summed E-state index contributed by atoms with van der Waals surface area (Å²) >= 11 is 0. The van der Waals surface area contributed by atoms with Gasteiger partial charge in [-0.2, -0.15) is 0 Å². The Balaban J connectivity index is 3.09. The first kappa shape index (κ1) is 25.0. The molecule has 25 heavy (non-hydrogen) atoms. The average Bonchev–Trinajstić information content (AvgIpc) is 2.62. The molecule has 0 saturated heterocycles. The van der Waals surface area contributed by atoms with Gasteiger partial charge in [0.2, 0.25) is 0 Å². The molecule has 151 valence electrons. The third-order valence-corrected chi connectivity index (χ3v) is 5.64. The maximum Gasteiger partial charge on any atom is -0.0358 e. The van der Waals surface area contributed by atoms with Gasteiger partial charge in [0.05, 0.1) is 0 Å². The summed E-state index contributed by atoms with van der Waals surface area (Å²) in [4.78, 5) is 0. The van der Waals surface area contributed by atoms with E-state index in [-0.39, 0.29) is 0 Å². The molecule has 0 aliphatic heterocycles. The van der Waals surface area contributed by atoms with Gasteiger partial charge in [-0.3, -0.25) is 0 Å². The lowest BCUT2D eigenvalue weighted by atomic mass is 9.96. The lowest BCUT2D eigenvalue weighted by Crippen LogP contribution is -1.96. The van der Waals surface area contributed by atoms with Gasteiger partial charge in [0, 0.05) is 0 Å². The van der Waals surface area contributed by atoms with Gasteiger partial charge in [0.15, 0.2) is 0 Å². The van der Waals surface area contributed by atoms with Crippen molar-refractivity contribution in [2.24, 2.45) is 5.92 Å². The lowest BCUT2D eigenvalue weighted by Gasteiger charge is -2.10. The molecule has 0 bridgehead atoms. The summed E-state index contributed by atoms with van der Waals surface area (Å²) in [7, 11) is 0. The zero-order valence-electron chi connectivity index (χ0n) is 18.3. The standard InChI is InChI=1S/C25H51/c1-4-6-8-10-12-13-14-15-16-17-18-20-22-24-25(3)23-21-19-11-9-7-5-2/h24-25H,4-23H2,1-3H3. The number of hydrogen-bond donors (Lipinski definition) is 0. The molecule has 0 heteroatoms. The van der Waals surface area contributed by atoms with Crippen LogP contribution in [-0.4, -0.2) is 0 Å². The van der Waals surface area contributed by atoms with E-state index in [0.29, 0.717) is 0 Å². The third kappa shape index (κ3) is 22.0. The molecule has 0 saturated carbocycles. The molecule has 0 aromatic rings. The maximum atomic E-state index is 2.60. The fraction of sp³-hybridized carbons (Fsp3) is 0.960. The van der Waals surface area contributed by atoms with Gasteiger partial charge < -0.3 is 0 Å². The molecule has 1 unspecified atom stereocenters. The minimum absolute atomic E-state index is 0.846. The third-order valence-electron chi connectivity index (χ3n) is 5.64. The van der Waals surface area contributed by atoms with Crippen molar-refractivity contribution in [3.63, 3.8) is 0 Å². The maximum absolute atomic E-state index is 2.60. The molecule has 1 atom stereocenters. The first-order chi connectivity index (χ1) is 12.3. The van der Waals surface area contributed by atoms with Gasteiger partial charge in [-0.1, -0.05) is 143 Å². The first-order valence-electron chi connectivity index (χ1n) is 12.1. The average molecular weight is 352 g/mol. The monoisotopic (exact) mass is 351 g/mol. The Kier molecular flexibility index (Phi) is 22.0. The fourth-order valence-electron chi connectivity index (χ4n) is 3.75. The predicted octanol–water partition coefficient (Wildman–Crippen LogP) is 9.67. The van der Waals surface area contributed by atoms with E-state index in [1.54, 1.807) is 0 Å². The Hall–Kier alpha value is 0. The van der Waals surface area contributed by atoms with E-state index < -0.39 is 0 Å². The van der Waals surface area contributed by atoms with Crippen LogP contribution in [0.15, 0.2) is 0 Å². The highest BCUT2D eigenvalue weighted by Gasteiger charge is 2.02. The number of rotatable bonds is 21. The molecule has 0 fully saturated rings. The van der Waals surface area contributed by atoms with E-state index in [1.807, 2.05) is 0 Å². The first-order valence-corrected chi connectivity index (χ1v) is 12.1. The Labute approximate surface area is 161 Å². The van der Waals surface area contributed by atoms with Crippen LogP contribution in [0.5, 0.6) is 0 Å². The Morgan fingerprint density at radius 3 is 1.28 bits per heavy atom. The van der Waals surface area contributed by atoms with E-state index in [0.717, 1.165) is 5.92 Å². The largest absolute Gasteiger partial charge is 0.0654 e. The zero-order chi connectivity index (χ0) is 18.4. The van der Waals surface area contributed by atoms with Gasteiger partial charge in [0.25, 0.3) is 0 Å². The van der Waals surface area contributed by atoms with Crippen LogP contribution in [0.25, 0.3) is 0 Å². The second-order valence-corrected chi connectivity index (χ2v) is 8.45. The minimum atomic E-state index is 0.846. The summed E-state index contributed by atoms with van der Waals surface area (Å²) in [6, 6.07) is 0. The van der Waals surface area contributed by atoms with Crippen molar-refractivity contribution in [2.75, 3.05) is 0 Å². The van der Waals surface area contributed by atoms with E-state index in [1.165, 1.54) is 128 Å². The van der Waals surface area contributed by atoms with Crippen molar-refractivity contribution in [1.29, 1.82) is 0 Å². The predicted molar refractivity (Wildman–Crippen MR) is 117 cm³/mol. The molecule has 0 aromatic heterocycles. The zero-order valence-corrected chi connectivity index (χ0v) is 18.3. The summed E-state index contributed by atoms with van der Waals surface area (Å²) in [5, 5.41) is 0. The van der Waals surface area contributed by atoms with Crippen LogP contribution in [0.3, 0.4) is 0 Å². The van der Waals surface area contributed by atoms with Crippen LogP contribution < -0.4 is 0 Å². The second kappa shape index (κ2) is 22.0. The molecule has 0 N–H and O–H groups in total. The van der Waals surface area contributed by atoms with Gasteiger partial charge in [-0.25, -0.2) is 0 Å². The summed E-state index contributed by atoms with van der Waals surface area (Å²) in [5.41, 5.74) is 0. The van der Waals surface area contributed by atoms with Crippen molar-refractivity contribution < 1.29 is 0 Å². The van der Waals surface area contributed by atoms with E-state index >= 15 is 0 Å². The van der Waals surface area contributed by atoms with Gasteiger partial charge >= 0.3 is 0 Å². The lowest BCUT2D eigenvalue weighted by molar-refractivity contribution is 0.502. The van der Waals surface area contributed by atoms with Gasteiger partial charge in [-0.05, 0) is 18.8 Å². The smallest absolute Gasteiger partial charge is 0.0358 e. The summed E-state index contributed by atoms with van der Waals surface area (Å²) in [5.74, 6) is 0.846. The minimum Gasteiger partial charge on any atom is -0.0654 e. The summed E-state index contributed by atoms with van der Waals surface area (Å²) in [6.07, 6.45) is 31.5. The van der Waals surface area contributed by atoms with Gasteiger partial charge in [-0.15, -0.1) is 0 Å². The highest BCUT2D eigenvalue weighted by atomic mass is 14.1. The fourth-order valence-corrected chi connectivity index (χ4v) is 3.75. The van der Waals surface area contributed by atoms with Crippen LogP contribution in [-0.2, 0) is 0 Å².